The molecule has 1 spiro atoms. The van der Waals surface area contributed by atoms with Crippen LogP contribution in [0.15, 0.2) is 0 Å². The third-order valence-corrected chi connectivity index (χ3v) is 4.87. The van der Waals surface area contributed by atoms with E-state index in [0.717, 1.165) is 19.6 Å². The van der Waals surface area contributed by atoms with Crippen LogP contribution >= 0.6 is 0 Å². The Morgan fingerprint density at radius 2 is 2.05 bits per heavy atom. The second-order valence-electron chi connectivity index (χ2n) is 6.24. The molecule has 2 rings (SSSR count). The highest BCUT2D eigenvalue weighted by Gasteiger charge is 2.40. The lowest BCUT2D eigenvalue weighted by Gasteiger charge is -2.34. The molecule has 116 valence electrons. The molecule has 1 heterocycles. The predicted molar refractivity (Wildman–Crippen MR) is 78.7 cm³/mol. The predicted octanol–water partition coefficient (Wildman–Crippen LogP) is 2.75. The van der Waals surface area contributed by atoms with Crippen LogP contribution in [-0.2, 0) is 14.3 Å². The first-order valence-electron chi connectivity index (χ1n) is 8.14. The van der Waals surface area contributed by atoms with Crippen LogP contribution in [-0.4, -0.2) is 49.3 Å². The van der Waals surface area contributed by atoms with Gasteiger partial charge in [-0.15, -0.1) is 0 Å². The average molecular weight is 283 g/mol. The maximum absolute atomic E-state index is 11.2. The molecule has 0 amide bonds. The van der Waals surface area contributed by atoms with E-state index in [2.05, 4.69) is 11.8 Å². The van der Waals surface area contributed by atoms with Gasteiger partial charge in [0.05, 0.1) is 25.2 Å². The van der Waals surface area contributed by atoms with Gasteiger partial charge in [-0.1, -0.05) is 26.2 Å². The smallest absolute Gasteiger partial charge is 0.306 e. The first kappa shape index (κ1) is 15.8. The highest BCUT2D eigenvalue weighted by atomic mass is 16.5. The maximum atomic E-state index is 11.2. The molecule has 1 unspecified atom stereocenters. The van der Waals surface area contributed by atoms with Gasteiger partial charge in [-0.2, -0.15) is 0 Å². The van der Waals surface area contributed by atoms with Gasteiger partial charge in [-0.25, -0.2) is 0 Å². The first-order valence-corrected chi connectivity index (χ1v) is 8.14. The van der Waals surface area contributed by atoms with Crippen LogP contribution in [0.4, 0.5) is 0 Å². The molecular formula is C16H29NO3. The molecule has 4 nitrogen and oxygen atoms in total. The topological polar surface area (TPSA) is 38.8 Å². The Bertz CT molecular complexity index is 313. The van der Waals surface area contributed by atoms with E-state index in [9.17, 15) is 4.79 Å². The van der Waals surface area contributed by atoms with Gasteiger partial charge in [0.15, 0.2) is 0 Å². The number of nitrogens with zero attached hydrogens (tertiary/aromatic N) is 1. The molecule has 0 bridgehead atoms. The van der Waals surface area contributed by atoms with Crippen molar-refractivity contribution >= 4 is 5.97 Å². The van der Waals surface area contributed by atoms with Crippen LogP contribution in [0.5, 0.6) is 0 Å². The molecule has 1 saturated carbocycles. The van der Waals surface area contributed by atoms with E-state index in [1.807, 2.05) is 0 Å². The summed E-state index contributed by atoms with van der Waals surface area (Å²) in [5.74, 6) is -0.125. The number of hydrogen-bond acceptors (Lipinski definition) is 4. The van der Waals surface area contributed by atoms with Gasteiger partial charge in [-0.3, -0.25) is 4.79 Å². The first-order chi connectivity index (χ1) is 9.67. The van der Waals surface area contributed by atoms with Gasteiger partial charge in [-0.05, 0) is 32.2 Å². The fourth-order valence-corrected chi connectivity index (χ4v) is 3.61. The van der Waals surface area contributed by atoms with Crippen molar-refractivity contribution in [2.24, 2.45) is 0 Å². The molecule has 1 aliphatic heterocycles. The van der Waals surface area contributed by atoms with Crippen molar-refractivity contribution in [1.29, 1.82) is 0 Å². The number of rotatable bonds is 6. The quantitative estimate of drug-likeness (QED) is 0.703. The maximum Gasteiger partial charge on any atom is 0.306 e. The van der Waals surface area contributed by atoms with Gasteiger partial charge in [0.2, 0.25) is 0 Å². The van der Waals surface area contributed by atoms with Gasteiger partial charge >= 0.3 is 5.97 Å². The third-order valence-electron chi connectivity index (χ3n) is 4.87. The molecule has 0 aromatic carbocycles. The van der Waals surface area contributed by atoms with Crippen LogP contribution in [0.25, 0.3) is 0 Å². The van der Waals surface area contributed by atoms with E-state index < -0.39 is 0 Å². The summed E-state index contributed by atoms with van der Waals surface area (Å²) in [5.41, 5.74) is 0.199. The number of esters is 1. The minimum atomic E-state index is -0.125. The van der Waals surface area contributed by atoms with Crippen molar-refractivity contribution in [3.63, 3.8) is 0 Å². The SMILES string of the molecule is CCN(CCC(=O)OC)CC1CCC2(CCCCC2)O1. The molecule has 1 aliphatic carbocycles. The summed E-state index contributed by atoms with van der Waals surface area (Å²) in [4.78, 5) is 13.5. The summed E-state index contributed by atoms with van der Waals surface area (Å²) >= 11 is 0. The summed E-state index contributed by atoms with van der Waals surface area (Å²) < 4.78 is 11.1. The van der Waals surface area contributed by atoms with Crippen molar-refractivity contribution in [1.82, 2.24) is 4.90 Å². The number of methoxy groups -OCH3 is 1. The second kappa shape index (κ2) is 7.41. The van der Waals surface area contributed by atoms with E-state index in [4.69, 9.17) is 9.47 Å². The van der Waals surface area contributed by atoms with E-state index >= 15 is 0 Å². The van der Waals surface area contributed by atoms with Crippen LogP contribution in [0, 0.1) is 0 Å². The monoisotopic (exact) mass is 283 g/mol. The lowest BCUT2D eigenvalue weighted by molar-refractivity contribution is -0.141. The van der Waals surface area contributed by atoms with Gasteiger partial charge < -0.3 is 14.4 Å². The highest BCUT2D eigenvalue weighted by Crippen LogP contribution is 2.41. The molecule has 0 radical (unpaired) electrons. The minimum absolute atomic E-state index is 0.125. The Balaban J connectivity index is 1.76. The van der Waals surface area contributed by atoms with E-state index in [0.29, 0.717) is 12.5 Å². The molecule has 1 atom stereocenters. The fraction of sp³-hybridized carbons (Fsp3) is 0.938. The van der Waals surface area contributed by atoms with Crippen molar-refractivity contribution < 1.29 is 14.3 Å². The Morgan fingerprint density at radius 1 is 1.30 bits per heavy atom. The normalized spacial score (nSPS) is 25.2. The molecule has 1 saturated heterocycles. The zero-order valence-electron chi connectivity index (χ0n) is 13.0. The standard InChI is InChI=1S/C16H29NO3/c1-3-17(12-8-15(18)19-2)13-14-7-11-16(20-14)9-5-4-6-10-16/h14H,3-13H2,1-2H3. The van der Waals surface area contributed by atoms with Crippen LogP contribution in [0.1, 0.15) is 58.3 Å². The third kappa shape index (κ3) is 4.19. The molecule has 2 fully saturated rings. The summed E-state index contributed by atoms with van der Waals surface area (Å²) in [6, 6.07) is 0. The summed E-state index contributed by atoms with van der Waals surface area (Å²) in [5, 5.41) is 0. The summed E-state index contributed by atoms with van der Waals surface area (Å²) in [6.07, 6.45) is 9.75. The number of likely N-dealkylation sites (N-methyl/N-ethyl adjacent to an activating group) is 1. The zero-order chi connectivity index (χ0) is 14.4. The van der Waals surface area contributed by atoms with Gasteiger partial charge in [0.1, 0.15) is 0 Å². The van der Waals surface area contributed by atoms with Crippen molar-refractivity contribution in [2.75, 3.05) is 26.7 Å². The largest absolute Gasteiger partial charge is 0.469 e. The Hall–Kier alpha value is -0.610. The molecule has 20 heavy (non-hydrogen) atoms. The Morgan fingerprint density at radius 3 is 2.70 bits per heavy atom. The van der Waals surface area contributed by atoms with Gasteiger partial charge in [0.25, 0.3) is 0 Å². The fourth-order valence-electron chi connectivity index (χ4n) is 3.61. The van der Waals surface area contributed by atoms with Crippen molar-refractivity contribution in [3.05, 3.63) is 0 Å². The Labute approximate surface area is 122 Å². The molecule has 0 aromatic heterocycles. The number of hydrogen-bond donors (Lipinski definition) is 0. The van der Waals surface area contributed by atoms with E-state index in [1.54, 1.807) is 0 Å². The van der Waals surface area contributed by atoms with Crippen LogP contribution < -0.4 is 0 Å². The number of carbonyl (C=O) groups excluding carboxylic acids is 1. The minimum Gasteiger partial charge on any atom is -0.469 e. The number of carbonyl (C=O) groups is 1. The van der Waals surface area contributed by atoms with Crippen molar-refractivity contribution in [2.45, 2.75) is 70.0 Å². The van der Waals surface area contributed by atoms with Crippen LogP contribution in [0.2, 0.25) is 0 Å². The Kier molecular flexibility index (Phi) is 5.85. The van der Waals surface area contributed by atoms with E-state index in [1.165, 1.54) is 52.1 Å². The summed E-state index contributed by atoms with van der Waals surface area (Å²) in [6.45, 7) is 4.83. The molecule has 0 aromatic rings. The number of ether oxygens (including phenoxy) is 2. The zero-order valence-corrected chi connectivity index (χ0v) is 13.0. The lowest BCUT2D eigenvalue weighted by atomic mass is 9.83. The van der Waals surface area contributed by atoms with Crippen LogP contribution in [0.3, 0.4) is 0 Å². The molecule has 4 heteroatoms. The molecule has 2 aliphatic rings. The highest BCUT2D eigenvalue weighted by molar-refractivity contribution is 5.69. The van der Waals surface area contributed by atoms with Crippen molar-refractivity contribution in [3.8, 4) is 0 Å². The average Bonchev–Trinajstić information content (AvgIpc) is 2.86. The molecular weight excluding hydrogens is 254 g/mol. The van der Waals surface area contributed by atoms with Gasteiger partial charge in [0, 0.05) is 13.1 Å². The lowest BCUT2D eigenvalue weighted by Crippen LogP contribution is -2.37. The molecule has 0 N–H and O–H groups in total. The second-order valence-corrected chi connectivity index (χ2v) is 6.24. The van der Waals surface area contributed by atoms with E-state index in [-0.39, 0.29) is 11.6 Å². The summed E-state index contributed by atoms with van der Waals surface area (Å²) in [7, 11) is 1.45.